The summed E-state index contributed by atoms with van der Waals surface area (Å²) in [6.45, 7) is 7.81. The number of pyridine rings is 1. The van der Waals surface area contributed by atoms with Crippen molar-refractivity contribution in [2.45, 2.75) is 13.0 Å². The summed E-state index contributed by atoms with van der Waals surface area (Å²) in [6.07, 6.45) is 0.786. The molecule has 5 rings (SSSR count). The first-order chi connectivity index (χ1) is 18.4. The summed E-state index contributed by atoms with van der Waals surface area (Å²) in [5.41, 5.74) is 5.30. The van der Waals surface area contributed by atoms with Crippen molar-refractivity contribution in [3.63, 3.8) is 0 Å². The molecule has 1 aliphatic rings. The van der Waals surface area contributed by atoms with Gasteiger partial charge in [-0.2, -0.15) is 0 Å². The second-order valence-corrected chi connectivity index (χ2v) is 10.0. The Morgan fingerprint density at radius 3 is 2.65 bits per heavy atom. The number of halogens is 3. The molecule has 216 valence electrons. The molecule has 1 atom stereocenters. The largest absolute Gasteiger partial charge is 0.387 e. The van der Waals surface area contributed by atoms with Crippen LogP contribution >= 0.6 is 36.4 Å². The molecule has 1 aliphatic heterocycles. The van der Waals surface area contributed by atoms with Gasteiger partial charge < -0.3 is 30.0 Å². The van der Waals surface area contributed by atoms with Gasteiger partial charge in [-0.05, 0) is 48.4 Å². The van der Waals surface area contributed by atoms with Crippen molar-refractivity contribution < 1.29 is 9.84 Å². The Morgan fingerprint density at radius 2 is 1.93 bits per heavy atom. The van der Waals surface area contributed by atoms with Gasteiger partial charge in [0.25, 0.3) is 5.56 Å². The third kappa shape index (κ3) is 7.09. The van der Waals surface area contributed by atoms with Crippen LogP contribution < -0.4 is 15.8 Å². The van der Waals surface area contributed by atoms with Gasteiger partial charge in [0.15, 0.2) is 0 Å². The minimum Gasteiger partial charge on any atom is -0.387 e. The molecule has 2 aromatic heterocycles. The van der Waals surface area contributed by atoms with E-state index in [1.807, 2.05) is 13.0 Å². The van der Waals surface area contributed by atoms with Gasteiger partial charge in [-0.1, -0.05) is 23.7 Å². The molecule has 3 heterocycles. The number of anilines is 2. The summed E-state index contributed by atoms with van der Waals surface area (Å²) in [7, 11) is 1.74. The minimum absolute atomic E-state index is 0. The lowest BCUT2D eigenvalue weighted by molar-refractivity contribution is 0.144. The zero-order valence-corrected chi connectivity index (χ0v) is 24.8. The van der Waals surface area contributed by atoms with Crippen LogP contribution in [0.5, 0.6) is 0 Å². The number of imidazole rings is 1. The number of fused-ring (bicyclic) bond motifs is 1. The lowest BCUT2D eigenvalue weighted by Crippen LogP contribution is -2.47. The van der Waals surface area contributed by atoms with E-state index >= 15 is 0 Å². The fourth-order valence-electron chi connectivity index (χ4n) is 4.92. The van der Waals surface area contributed by atoms with Crippen molar-refractivity contribution in [3.8, 4) is 11.4 Å². The van der Waals surface area contributed by atoms with E-state index in [1.165, 1.54) is 0 Å². The molecule has 9 nitrogen and oxygen atoms in total. The highest BCUT2D eigenvalue weighted by molar-refractivity contribution is 6.30. The quantitative estimate of drug-likeness (QED) is 0.219. The van der Waals surface area contributed by atoms with Crippen LogP contribution in [-0.2, 0) is 4.74 Å². The molecule has 0 spiro atoms. The van der Waals surface area contributed by atoms with Gasteiger partial charge >= 0.3 is 0 Å². The van der Waals surface area contributed by atoms with E-state index in [-0.39, 0.29) is 36.9 Å². The van der Waals surface area contributed by atoms with Crippen LogP contribution in [0.2, 0.25) is 5.02 Å². The highest BCUT2D eigenvalue weighted by Crippen LogP contribution is 2.30. The van der Waals surface area contributed by atoms with Crippen LogP contribution in [0.4, 0.5) is 11.4 Å². The number of piperazine rings is 1. The monoisotopic (exact) mass is 608 g/mol. The number of hydrogen-bond acceptors (Lipinski definition) is 7. The van der Waals surface area contributed by atoms with Crippen LogP contribution in [0.15, 0.2) is 53.5 Å². The molecule has 0 unspecified atom stereocenters. The number of hydrogen-bond donors (Lipinski definition) is 4. The van der Waals surface area contributed by atoms with E-state index in [0.717, 1.165) is 61.6 Å². The summed E-state index contributed by atoms with van der Waals surface area (Å²) in [6, 6.07) is 13.1. The molecule has 40 heavy (non-hydrogen) atoms. The molecule has 0 radical (unpaired) electrons. The second kappa shape index (κ2) is 14.2. The molecular formula is C28H35Cl3N6O3. The highest BCUT2D eigenvalue weighted by Gasteiger charge is 2.20. The van der Waals surface area contributed by atoms with Crippen molar-refractivity contribution in [2.24, 2.45) is 0 Å². The van der Waals surface area contributed by atoms with Crippen LogP contribution in [0.1, 0.15) is 17.2 Å². The lowest BCUT2D eigenvalue weighted by Gasteiger charge is -2.36. The zero-order chi connectivity index (χ0) is 26.6. The Hall–Kier alpha value is -2.79. The number of benzene rings is 2. The van der Waals surface area contributed by atoms with Crippen molar-refractivity contribution in [1.82, 2.24) is 19.9 Å². The number of aliphatic hydroxyl groups is 1. The zero-order valence-electron chi connectivity index (χ0n) is 22.4. The molecule has 12 heteroatoms. The number of ether oxygens (including phenoxy) is 1. The Labute approximate surface area is 250 Å². The van der Waals surface area contributed by atoms with Crippen LogP contribution in [0, 0.1) is 6.92 Å². The first-order valence-electron chi connectivity index (χ1n) is 12.8. The van der Waals surface area contributed by atoms with Crippen molar-refractivity contribution in [1.29, 1.82) is 0 Å². The lowest BCUT2D eigenvalue weighted by atomic mass is 10.1. The van der Waals surface area contributed by atoms with Gasteiger partial charge in [0.05, 0.1) is 29.4 Å². The Morgan fingerprint density at radius 1 is 1.15 bits per heavy atom. The number of aromatic nitrogens is 3. The predicted octanol–water partition coefficient (Wildman–Crippen LogP) is 4.64. The number of nitrogens with one attached hydrogen (secondary N) is 3. The Bertz CT molecular complexity index is 1470. The number of aryl methyl sites for hydroxylation is 1. The summed E-state index contributed by atoms with van der Waals surface area (Å²) in [4.78, 5) is 28.6. The molecule has 0 amide bonds. The van der Waals surface area contributed by atoms with E-state index < -0.39 is 6.10 Å². The number of nitrogens with zero attached hydrogens (tertiary/aromatic N) is 3. The van der Waals surface area contributed by atoms with Crippen LogP contribution in [0.25, 0.3) is 22.4 Å². The van der Waals surface area contributed by atoms with E-state index in [4.69, 9.17) is 21.3 Å². The predicted molar refractivity (Wildman–Crippen MR) is 167 cm³/mol. The number of H-pyrrole nitrogens is 2. The van der Waals surface area contributed by atoms with Gasteiger partial charge in [-0.3, -0.25) is 9.69 Å². The number of aromatic amines is 2. The normalized spacial score (nSPS) is 14.4. The Balaban J connectivity index is 0.00000220. The van der Waals surface area contributed by atoms with E-state index in [2.05, 4.69) is 37.2 Å². The summed E-state index contributed by atoms with van der Waals surface area (Å²) < 4.78 is 5.21. The fraction of sp³-hybridized carbons (Fsp3) is 0.357. The van der Waals surface area contributed by atoms with E-state index in [0.29, 0.717) is 27.7 Å². The third-order valence-electron chi connectivity index (χ3n) is 7.03. The average molecular weight is 610 g/mol. The number of rotatable bonds is 9. The number of methoxy groups -OCH3 is 1. The first kappa shape index (κ1) is 31.7. The van der Waals surface area contributed by atoms with E-state index in [9.17, 15) is 9.90 Å². The maximum absolute atomic E-state index is 12.9. The van der Waals surface area contributed by atoms with Gasteiger partial charge in [0.1, 0.15) is 11.4 Å². The van der Waals surface area contributed by atoms with Crippen LogP contribution in [0.3, 0.4) is 0 Å². The maximum Gasteiger partial charge on any atom is 0.261 e. The van der Waals surface area contributed by atoms with Crippen molar-refractivity contribution in [3.05, 3.63) is 75.2 Å². The van der Waals surface area contributed by atoms with Gasteiger partial charge in [0, 0.05) is 63.3 Å². The molecule has 4 aromatic rings. The first-order valence-corrected chi connectivity index (χ1v) is 13.2. The molecular weight excluding hydrogens is 575 g/mol. The van der Waals surface area contributed by atoms with Crippen molar-refractivity contribution >= 4 is 58.8 Å². The topological polar surface area (TPSA) is 110 Å². The summed E-state index contributed by atoms with van der Waals surface area (Å²) >= 11 is 6.07. The maximum atomic E-state index is 12.9. The molecule has 4 N–H and O–H groups in total. The molecule has 0 bridgehead atoms. The molecule has 0 saturated carbocycles. The van der Waals surface area contributed by atoms with Crippen LogP contribution in [-0.4, -0.2) is 77.9 Å². The second-order valence-electron chi connectivity index (χ2n) is 9.61. The van der Waals surface area contributed by atoms with Gasteiger partial charge in [0.2, 0.25) is 0 Å². The average Bonchev–Trinajstić information content (AvgIpc) is 3.35. The molecule has 0 aliphatic carbocycles. The minimum atomic E-state index is -0.795. The van der Waals surface area contributed by atoms with E-state index in [1.54, 1.807) is 37.6 Å². The number of aliphatic hydroxyl groups excluding tert-OH is 1. The summed E-state index contributed by atoms with van der Waals surface area (Å²) in [5, 5.41) is 14.4. The fourth-order valence-corrected chi connectivity index (χ4v) is 5.12. The molecule has 1 saturated heterocycles. The Kier molecular flexibility index (Phi) is 11.3. The molecule has 2 aromatic carbocycles. The van der Waals surface area contributed by atoms with Crippen molar-refractivity contribution in [2.75, 3.05) is 63.2 Å². The standard InChI is InChI=1S/C28H33ClN6O3.2ClH/c1-18-14-21(35-10-8-34(9-11-35)12-13-38-2)16-23-26(18)33-27(32-23)25-22(6-7-30-28(25)37)31-17-24(36)19-4-3-5-20(29)15-19;;/h3-7,14-16,24,36H,8-13,17H2,1-2H3,(H,32,33)(H2,30,31,37);2*1H/t24-;;/m1../s1. The molecule has 1 fully saturated rings. The SMILES string of the molecule is COCCN1CCN(c2cc(C)c3nc(-c4c(NC[C@@H](O)c5cccc(Cl)c5)cc[nH]c4=O)[nH]c3c2)CC1.Cl.Cl. The smallest absolute Gasteiger partial charge is 0.261 e. The van der Waals surface area contributed by atoms with Gasteiger partial charge in [-0.25, -0.2) is 4.98 Å². The highest BCUT2D eigenvalue weighted by atomic mass is 35.5. The summed E-state index contributed by atoms with van der Waals surface area (Å²) in [5.74, 6) is 0.478. The van der Waals surface area contributed by atoms with Gasteiger partial charge in [-0.15, -0.1) is 24.8 Å². The third-order valence-corrected chi connectivity index (χ3v) is 7.26.